The molecule has 4 rings (SSSR count). The summed E-state index contributed by atoms with van der Waals surface area (Å²) < 4.78 is 0. The van der Waals surface area contributed by atoms with Gasteiger partial charge in [0.1, 0.15) is 10.8 Å². The van der Waals surface area contributed by atoms with E-state index in [1.165, 1.54) is 24.2 Å². The molecule has 8 heteroatoms. The molecule has 2 aliphatic rings. The highest BCUT2D eigenvalue weighted by molar-refractivity contribution is 7.15. The predicted molar refractivity (Wildman–Crippen MR) is 87.5 cm³/mol. The van der Waals surface area contributed by atoms with Crippen LogP contribution in [0.25, 0.3) is 0 Å². The van der Waals surface area contributed by atoms with Crippen molar-refractivity contribution in [2.45, 2.75) is 31.6 Å². The topological polar surface area (TPSA) is 83.9 Å². The molecule has 2 aromatic rings. The van der Waals surface area contributed by atoms with Crippen molar-refractivity contribution in [3.63, 3.8) is 0 Å². The molecule has 0 bridgehead atoms. The standard InChI is InChI=1S/C15H18N6OS/c22-13(18-15-20-19-14(23-15)11-1-2-11)10-3-7-21(8-4-10)12-9-16-5-6-17-12/h5-6,9-11H,1-4,7-8H2,(H,18,20,22). The average Bonchev–Trinajstić information content (AvgIpc) is 3.36. The first-order valence-corrected chi connectivity index (χ1v) is 8.76. The number of aromatic nitrogens is 4. The van der Waals surface area contributed by atoms with Gasteiger partial charge in [0, 0.05) is 37.3 Å². The van der Waals surface area contributed by atoms with Gasteiger partial charge in [0.05, 0.1) is 6.20 Å². The zero-order valence-corrected chi connectivity index (χ0v) is 13.5. The fourth-order valence-corrected chi connectivity index (χ4v) is 3.73. The monoisotopic (exact) mass is 330 g/mol. The van der Waals surface area contributed by atoms with Gasteiger partial charge in [0.25, 0.3) is 0 Å². The fourth-order valence-electron chi connectivity index (χ4n) is 2.81. The van der Waals surface area contributed by atoms with Gasteiger partial charge in [-0.1, -0.05) is 11.3 Å². The lowest BCUT2D eigenvalue weighted by molar-refractivity contribution is -0.120. The van der Waals surface area contributed by atoms with Gasteiger partial charge in [0.2, 0.25) is 11.0 Å². The number of carbonyl (C=O) groups excluding carboxylic acids is 1. The van der Waals surface area contributed by atoms with Gasteiger partial charge >= 0.3 is 0 Å². The maximum absolute atomic E-state index is 12.4. The smallest absolute Gasteiger partial charge is 0.229 e. The first-order chi connectivity index (χ1) is 11.3. The number of hydrogen-bond donors (Lipinski definition) is 1. The molecule has 1 saturated heterocycles. The van der Waals surface area contributed by atoms with Crippen LogP contribution >= 0.6 is 11.3 Å². The van der Waals surface area contributed by atoms with Crippen molar-refractivity contribution in [2.24, 2.45) is 5.92 Å². The third-order valence-electron chi connectivity index (χ3n) is 4.34. The molecule has 2 fully saturated rings. The lowest BCUT2D eigenvalue weighted by atomic mass is 9.96. The number of piperidine rings is 1. The minimum Gasteiger partial charge on any atom is -0.355 e. The van der Waals surface area contributed by atoms with Crippen molar-refractivity contribution < 1.29 is 4.79 Å². The van der Waals surface area contributed by atoms with Gasteiger partial charge in [-0.3, -0.25) is 9.78 Å². The van der Waals surface area contributed by atoms with Crippen LogP contribution in [0, 0.1) is 5.92 Å². The van der Waals surface area contributed by atoms with E-state index in [9.17, 15) is 4.79 Å². The van der Waals surface area contributed by atoms with E-state index in [4.69, 9.17) is 0 Å². The normalized spacial score (nSPS) is 18.9. The van der Waals surface area contributed by atoms with Crippen LogP contribution in [-0.4, -0.2) is 39.2 Å². The van der Waals surface area contributed by atoms with Crippen molar-refractivity contribution in [1.82, 2.24) is 20.2 Å². The molecule has 3 heterocycles. The number of rotatable bonds is 4. The molecule has 1 amide bonds. The van der Waals surface area contributed by atoms with E-state index in [0.717, 1.165) is 36.8 Å². The molecule has 1 aliphatic heterocycles. The van der Waals surface area contributed by atoms with E-state index in [-0.39, 0.29) is 11.8 Å². The van der Waals surface area contributed by atoms with Gasteiger partial charge in [-0.15, -0.1) is 10.2 Å². The summed E-state index contributed by atoms with van der Waals surface area (Å²) >= 11 is 1.51. The highest BCUT2D eigenvalue weighted by atomic mass is 32.1. The van der Waals surface area contributed by atoms with E-state index in [2.05, 4.69) is 30.4 Å². The summed E-state index contributed by atoms with van der Waals surface area (Å²) in [6.45, 7) is 1.64. The first-order valence-electron chi connectivity index (χ1n) is 7.95. The van der Waals surface area contributed by atoms with Crippen LogP contribution in [0.5, 0.6) is 0 Å². The molecule has 1 N–H and O–H groups in total. The Balaban J connectivity index is 1.31. The molecule has 2 aromatic heterocycles. The van der Waals surface area contributed by atoms with Gasteiger partial charge in [-0.05, 0) is 25.7 Å². The summed E-state index contributed by atoms with van der Waals surface area (Å²) in [7, 11) is 0. The molecule has 23 heavy (non-hydrogen) atoms. The number of hydrogen-bond acceptors (Lipinski definition) is 7. The van der Waals surface area contributed by atoms with Crippen LogP contribution < -0.4 is 10.2 Å². The molecule has 0 unspecified atom stereocenters. The van der Waals surface area contributed by atoms with E-state index in [1.807, 2.05) is 0 Å². The largest absolute Gasteiger partial charge is 0.355 e. The Kier molecular flexibility index (Phi) is 3.90. The van der Waals surface area contributed by atoms with E-state index in [0.29, 0.717) is 11.0 Å². The second-order valence-corrected chi connectivity index (χ2v) is 7.04. The van der Waals surface area contributed by atoms with Crippen LogP contribution in [0.3, 0.4) is 0 Å². The summed E-state index contributed by atoms with van der Waals surface area (Å²) in [6, 6.07) is 0. The maximum Gasteiger partial charge on any atom is 0.229 e. The number of nitrogens with one attached hydrogen (secondary N) is 1. The summed E-state index contributed by atoms with van der Waals surface area (Å²) in [4.78, 5) is 23.0. The Labute approximate surface area is 138 Å². The van der Waals surface area contributed by atoms with Crippen LogP contribution in [0.1, 0.15) is 36.6 Å². The molecule has 1 aliphatic carbocycles. The van der Waals surface area contributed by atoms with Gasteiger partial charge < -0.3 is 10.2 Å². The lowest BCUT2D eigenvalue weighted by Crippen LogP contribution is -2.38. The highest BCUT2D eigenvalue weighted by Gasteiger charge is 2.29. The number of anilines is 2. The van der Waals surface area contributed by atoms with Gasteiger partial charge in [-0.25, -0.2) is 4.98 Å². The van der Waals surface area contributed by atoms with Crippen molar-refractivity contribution in [3.05, 3.63) is 23.6 Å². The second kappa shape index (κ2) is 6.19. The lowest BCUT2D eigenvalue weighted by Gasteiger charge is -2.31. The van der Waals surface area contributed by atoms with Gasteiger partial charge in [-0.2, -0.15) is 0 Å². The van der Waals surface area contributed by atoms with E-state index in [1.54, 1.807) is 18.6 Å². The maximum atomic E-state index is 12.4. The molecule has 0 spiro atoms. The third-order valence-corrected chi connectivity index (χ3v) is 5.34. The highest BCUT2D eigenvalue weighted by Crippen LogP contribution is 2.42. The molecule has 0 radical (unpaired) electrons. The molecule has 120 valence electrons. The summed E-state index contributed by atoms with van der Waals surface area (Å²) in [5.74, 6) is 1.54. The number of carbonyl (C=O) groups is 1. The van der Waals surface area contributed by atoms with Crippen LogP contribution in [-0.2, 0) is 4.79 Å². The van der Waals surface area contributed by atoms with Crippen molar-refractivity contribution in [3.8, 4) is 0 Å². The SMILES string of the molecule is O=C(Nc1nnc(C2CC2)s1)C1CCN(c2cnccn2)CC1. The zero-order valence-electron chi connectivity index (χ0n) is 12.7. The number of amides is 1. The fraction of sp³-hybridized carbons (Fsp3) is 0.533. The van der Waals surface area contributed by atoms with Crippen LogP contribution in [0.15, 0.2) is 18.6 Å². The molecule has 1 saturated carbocycles. The van der Waals surface area contributed by atoms with Gasteiger partial charge in [0.15, 0.2) is 0 Å². The summed E-state index contributed by atoms with van der Waals surface area (Å²) in [5.41, 5.74) is 0. The summed E-state index contributed by atoms with van der Waals surface area (Å²) in [5, 5.41) is 12.9. The minimum absolute atomic E-state index is 0.0243. The Morgan fingerprint density at radius 1 is 1.17 bits per heavy atom. The Morgan fingerprint density at radius 3 is 2.70 bits per heavy atom. The molecule has 0 aromatic carbocycles. The predicted octanol–water partition coefficient (Wildman–Crippen LogP) is 2.06. The van der Waals surface area contributed by atoms with Crippen LogP contribution in [0.2, 0.25) is 0 Å². The minimum atomic E-state index is 0.0243. The second-order valence-electron chi connectivity index (χ2n) is 6.03. The van der Waals surface area contributed by atoms with E-state index >= 15 is 0 Å². The molecular formula is C15H18N6OS. The van der Waals surface area contributed by atoms with Crippen molar-refractivity contribution in [1.29, 1.82) is 0 Å². The Hall–Kier alpha value is -2.09. The molecule has 7 nitrogen and oxygen atoms in total. The van der Waals surface area contributed by atoms with Crippen molar-refractivity contribution in [2.75, 3.05) is 23.3 Å². The van der Waals surface area contributed by atoms with E-state index < -0.39 is 0 Å². The average molecular weight is 330 g/mol. The molecule has 0 atom stereocenters. The summed E-state index contributed by atoms with van der Waals surface area (Å²) in [6.07, 6.45) is 9.16. The van der Waals surface area contributed by atoms with Crippen LogP contribution in [0.4, 0.5) is 10.9 Å². The van der Waals surface area contributed by atoms with Crippen molar-refractivity contribution >= 4 is 28.2 Å². The Bertz CT molecular complexity index is 678. The zero-order chi connectivity index (χ0) is 15.6. The molecular weight excluding hydrogens is 312 g/mol. The first kappa shape index (κ1) is 14.5. The quantitative estimate of drug-likeness (QED) is 0.924. The Morgan fingerprint density at radius 2 is 2.00 bits per heavy atom. The third kappa shape index (κ3) is 3.31. The number of nitrogens with zero attached hydrogens (tertiary/aromatic N) is 5.